The van der Waals surface area contributed by atoms with Crippen molar-refractivity contribution < 1.29 is 4.39 Å². The van der Waals surface area contributed by atoms with Gasteiger partial charge in [0, 0.05) is 13.1 Å². The number of rotatable bonds is 7. The van der Waals surface area contributed by atoms with E-state index < -0.39 is 0 Å². The lowest BCUT2D eigenvalue weighted by Crippen LogP contribution is -2.35. The minimum absolute atomic E-state index is 0.213. The number of hydrogen-bond acceptors (Lipinski definition) is 1. The van der Waals surface area contributed by atoms with Crippen molar-refractivity contribution in [2.75, 3.05) is 6.54 Å². The average Bonchev–Trinajstić information content (AvgIpc) is 2.38. The van der Waals surface area contributed by atoms with Crippen LogP contribution in [0.2, 0.25) is 0 Å². The second-order valence-electron chi connectivity index (χ2n) is 4.30. The molecule has 0 unspecified atom stereocenters. The molecule has 100 valence electrons. The van der Waals surface area contributed by atoms with E-state index in [9.17, 15) is 4.39 Å². The van der Waals surface area contributed by atoms with Crippen LogP contribution < -0.4 is 10.6 Å². The summed E-state index contributed by atoms with van der Waals surface area (Å²) in [5, 5.41) is 6.94. The van der Waals surface area contributed by atoms with Gasteiger partial charge in [0.15, 0.2) is 5.11 Å². The van der Waals surface area contributed by atoms with Gasteiger partial charge in [0.1, 0.15) is 5.82 Å². The van der Waals surface area contributed by atoms with E-state index in [0.717, 1.165) is 18.5 Å². The SMILES string of the molecule is CCCCCCNC(=S)NCc1ccc(F)cc1. The standard InChI is InChI=1S/C14H21FN2S/c1-2-3-4-5-10-16-14(18)17-11-12-6-8-13(15)9-7-12/h6-9H,2-5,10-11H2,1H3,(H2,16,17,18). The van der Waals surface area contributed by atoms with Crippen molar-refractivity contribution in [1.29, 1.82) is 0 Å². The summed E-state index contributed by atoms with van der Waals surface area (Å²) in [6.45, 7) is 3.73. The number of hydrogen-bond donors (Lipinski definition) is 2. The number of thiocarbonyl (C=S) groups is 1. The number of benzene rings is 1. The Kier molecular flexibility index (Phi) is 7.34. The van der Waals surface area contributed by atoms with Gasteiger partial charge in [-0.2, -0.15) is 0 Å². The van der Waals surface area contributed by atoms with Gasteiger partial charge in [-0.25, -0.2) is 4.39 Å². The molecule has 0 atom stereocenters. The lowest BCUT2D eigenvalue weighted by Gasteiger charge is -2.10. The average molecular weight is 268 g/mol. The van der Waals surface area contributed by atoms with Gasteiger partial charge < -0.3 is 10.6 Å². The zero-order valence-electron chi connectivity index (χ0n) is 10.8. The first-order chi connectivity index (χ1) is 8.72. The monoisotopic (exact) mass is 268 g/mol. The van der Waals surface area contributed by atoms with Gasteiger partial charge >= 0.3 is 0 Å². The minimum Gasteiger partial charge on any atom is -0.363 e. The largest absolute Gasteiger partial charge is 0.363 e. The quantitative estimate of drug-likeness (QED) is 0.585. The molecule has 0 fully saturated rings. The van der Waals surface area contributed by atoms with E-state index in [-0.39, 0.29) is 5.82 Å². The van der Waals surface area contributed by atoms with Crippen molar-refractivity contribution in [3.8, 4) is 0 Å². The van der Waals surface area contributed by atoms with Crippen LogP contribution in [0.1, 0.15) is 38.2 Å². The van der Waals surface area contributed by atoms with Crippen molar-refractivity contribution in [3.05, 3.63) is 35.6 Å². The molecule has 0 aliphatic heterocycles. The summed E-state index contributed by atoms with van der Waals surface area (Å²) in [4.78, 5) is 0. The molecule has 0 spiro atoms. The normalized spacial score (nSPS) is 10.1. The smallest absolute Gasteiger partial charge is 0.166 e. The second kappa shape index (κ2) is 8.86. The molecule has 0 radical (unpaired) electrons. The summed E-state index contributed by atoms with van der Waals surface area (Å²) in [6, 6.07) is 6.43. The molecule has 0 bridgehead atoms. The van der Waals surface area contributed by atoms with E-state index in [1.807, 2.05) is 0 Å². The molecular formula is C14H21FN2S. The summed E-state index contributed by atoms with van der Waals surface area (Å²) in [6.07, 6.45) is 4.90. The topological polar surface area (TPSA) is 24.1 Å². The molecule has 18 heavy (non-hydrogen) atoms. The highest BCUT2D eigenvalue weighted by Crippen LogP contribution is 2.02. The highest BCUT2D eigenvalue weighted by Gasteiger charge is 1.97. The second-order valence-corrected chi connectivity index (χ2v) is 4.70. The van der Waals surface area contributed by atoms with Crippen LogP contribution in [0.25, 0.3) is 0 Å². The fourth-order valence-electron chi connectivity index (χ4n) is 1.60. The van der Waals surface area contributed by atoms with Crippen molar-refractivity contribution in [3.63, 3.8) is 0 Å². The minimum atomic E-state index is -0.213. The van der Waals surface area contributed by atoms with E-state index >= 15 is 0 Å². The third-order valence-electron chi connectivity index (χ3n) is 2.68. The first-order valence-electron chi connectivity index (χ1n) is 6.48. The van der Waals surface area contributed by atoms with E-state index in [4.69, 9.17) is 12.2 Å². The van der Waals surface area contributed by atoms with Gasteiger partial charge in [0.25, 0.3) is 0 Å². The highest BCUT2D eigenvalue weighted by atomic mass is 32.1. The predicted molar refractivity (Wildman–Crippen MR) is 78.0 cm³/mol. The third-order valence-corrected chi connectivity index (χ3v) is 2.97. The Labute approximate surface area is 114 Å². The predicted octanol–water partition coefficient (Wildman–Crippen LogP) is 3.37. The first kappa shape index (κ1) is 14.9. The fourth-order valence-corrected chi connectivity index (χ4v) is 1.78. The molecule has 2 N–H and O–H groups in total. The molecule has 1 rings (SSSR count). The summed E-state index contributed by atoms with van der Waals surface area (Å²) < 4.78 is 12.7. The molecule has 0 saturated carbocycles. The number of halogens is 1. The summed E-state index contributed by atoms with van der Waals surface area (Å²) in [5.74, 6) is -0.213. The molecule has 0 aliphatic rings. The molecule has 0 aliphatic carbocycles. The first-order valence-corrected chi connectivity index (χ1v) is 6.89. The zero-order valence-corrected chi connectivity index (χ0v) is 11.7. The molecule has 1 aromatic carbocycles. The van der Waals surface area contributed by atoms with Crippen LogP contribution in [-0.4, -0.2) is 11.7 Å². The van der Waals surface area contributed by atoms with Gasteiger partial charge in [0.2, 0.25) is 0 Å². The van der Waals surface area contributed by atoms with E-state index in [2.05, 4.69) is 17.6 Å². The zero-order chi connectivity index (χ0) is 13.2. The molecule has 0 saturated heterocycles. The van der Waals surface area contributed by atoms with Crippen molar-refractivity contribution in [1.82, 2.24) is 10.6 Å². The highest BCUT2D eigenvalue weighted by molar-refractivity contribution is 7.80. The maximum atomic E-state index is 12.7. The van der Waals surface area contributed by atoms with Gasteiger partial charge in [-0.05, 0) is 36.3 Å². The van der Waals surface area contributed by atoms with Crippen molar-refractivity contribution >= 4 is 17.3 Å². The lowest BCUT2D eigenvalue weighted by atomic mass is 10.2. The molecular weight excluding hydrogens is 247 g/mol. The lowest BCUT2D eigenvalue weighted by molar-refractivity contribution is 0.626. The van der Waals surface area contributed by atoms with Crippen LogP contribution >= 0.6 is 12.2 Å². The number of unbranched alkanes of at least 4 members (excludes halogenated alkanes) is 3. The maximum absolute atomic E-state index is 12.7. The molecule has 0 aromatic heterocycles. The Morgan fingerprint density at radius 2 is 1.83 bits per heavy atom. The molecule has 0 heterocycles. The van der Waals surface area contributed by atoms with Gasteiger partial charge in [-0.3, -0.25) is 0 Å². The Balaban J connectivity index is 2.11. The van der Waals surface area contributed by atoms with Crippen LogP contribution in [0.5, 0.6) is 0 Å². The fraction of sp³-hybridized carbons (Fsp3) is 0.500. The molecule has 4 heteroatoms. The van der Waals surface area contributed by atoms with Gasteiger partial charge in [-0.1, -0.05) is 38.3 Å². The Hall–Kier alpha value is -1.16. The van der Waals surface area contributed by atoms with Gasteiger partial charge in [-0.15, -0.1) is 0 Å². The molecule has 2 nitrogen and oxygen atoms in total. The Morgan fingerprint density at radius 1 is 1.11 bits per heavy atom. The summed E-state index contributed by atoms with van der Waals surface area (Å²) >= 11 is 5.16. The maximum Gasteiger partial charge on any atom is 0.166 e. The van der Waals surface area contributed by atoms with E-state index in [1.54, 1.807) is 12.1 Å². The van der Waals surface area contributed by atoms with Crippen LogP contribution in [0.4, 0.5) is 4.39 Å². The summed E-state index contributed by atoms with van der Waals surface area (Å²) in [7, 11) is 0. The van der Waals surface area contributed by atoms with E-state index in [0.29, 0.717) is 11.7 Å². The Morgan fingerprint density at radius 3 is 2.50 bits per heavy atom. The summed E-state index contributed by atoms with van der Waals surface area (Å²) in [5.41, 5.74) is 1.02. The van der Waals surface area contributed by atoms with Crippen LogP contribution in [0.15, 0.2) is 24.3 Å². The molecule has 0 amide bonds. The molecule has 1 aromatic rings. The third kappa shape index (κ3) is 6.55. The van der Waals surface area contributed by atoms with Crippen LogP contribution in [0.3, 0.4) is 0 Å². The van der Waals surface area contributed by atoms with Crippen molar-refractivity contribution in [2.45, 2.75) is 39.2 Å². The number of nitrogens with one attached hydrogen (secondary N) is 2. The van der Waals surface area contributed by atoms with Crippen molar-refractivity contribution in [2.24, 2.45) is 0 Å². The van der Waals surface area contributed by atoms with Crippen LogP contribution in [0, 0.1) is 5.82 Å². The van der Waals surface area contributed by atoms with Gasteiger partial charge in [0.05, 0.1) is 0 Å². The van der Waals surface area contributed by atoms with Crippen LogP contribution in [-0.2, 0) is 6.54 Å². The Bertz CT molecular complexity index is 351. The van der Waals surface area contributed by atoms with E-state index in [1.165, 1.54) is 31.4 Å².